The predicted octanol–water partition coefficient (Wildman–Crippen LogP) is 2.76. The number of nitrogens with one attached hydrogen (secondary N) is 1. The summed E-state index contributed by atoms with van der Waals surface area (Å²) in [5.74, 6) is 0. The third kappa shape index (κ3) is 2.27. The summed E-state index contributed by atoms with van der Waals surface area (Å²) in [6.45, 7) is 4.39. The van der Waals surface area contributed by atoms with Crippen molar-refractivity contribution >= 4 is 11.3 Å². The summed E-state index contributed by atoms with van der Waals surface area (Å²) in [4.78, 5) is 2.35. The molecule has 0 bridgehead atoms. The Hall–Kier alpha value is -1.28. The first-order chi connectivity index (χ1) is 7.70. The highest BCUT2D eigenvalue weighted by Crippen LogP contribution is 2.25. The zero-order valence-corrected chi connectivity index (χ0v) is 10.4. The topological polar surface area (TPSA) is 15.3 Å². The molecule has 0 radical (unpaired) electrons. The van der Waals surface area contributed by atoms with E-state index in [0.717, 1.165) is 13.0 Å². The molecule has 1 aromatic carbocycles. The van der Waals surface area contributed by atoms with Gasteiger partial charge in [0.2, 0.25) is 0 Å². The lowest BCUT2D eigenvalue weighted by molar-refractivity contribution is 0.370. The predicted molar refractivity (Wildman–Crippen MR) is 70.8 cm³/mol. The van der Waals surface area contributed by atoms with E-state index in [4.69, 9.17) is 0 Å². The summed E-state index contributed by atoms with van der Waals surface area (Å²) in [6.07, 6.45) is 3.51. The Bertz CT molecular complexity index is 407. The Balaban J connectivity index is 2.25. The maximum atomic E-state index is 3.20. The van der Waals surface area contributed by atoms with Crippen molar-refractivity contribution in [3.63, 3.8) is 0 Å². The summed E-state index contributed by atoms with van der Waals surface area (Å²) in [6, 6.07) is 6.67. The van der Waals surface area contributed by atoms with Crippen LogP contribution < -0.4 is 5.32 Å². The normalized spacial score (nSPS) is 17.1. The van der Waals surface area contributed by atoms with Gasteiger partial charge in [-0.25, -0.2) is 0 Å². The van der Waals surface area contributed by atoms with E-state index >= 15 is 0 Å². The third-order valence-electron chi connectivity index (χ3n) is 3.28. The lowest BCUT2D eigenvalue weighted by atomic mass is 9.97. The van der Waals surface area contributed by atoms with Crippen molar-refractivity contribution in [2.75, 3.05) is 32.5 Å². The summed E-state index contributed by atoms with van der Waals surface area (Å²) < 4.78 is 0. The van der Waals surface area contributed by atoms with Crippen LogP contribution in [0, 0.1) is 6.92 Å². The molecule has 86 valence electrons. The van der Waals surface area contributed by atoms with Crippen molar-refractivity contribution in [2.24, 2.45) is 0 Å². The average molecular weight is 216 g/mol. The molecule has 1 aliphatic rings. The number of aryl methyl sites for hydroxylation is 1. The standard InChI is InChI=1S/C14H20N2/c1-11-10-13(4-5-14(11)15-2)12-6-8-16(3)9-7-12/h4-6,10,15H,7-9H2,1-3H3. The second-order valence-electron chi connectivity index (χ2n) is 4.52. The average Bonchev–Trinajstić information content (AvgIpc) is 2.30. The highest BCUT2D eigenvalue weighted by atomic mass is 15.1. The molecule has 2 rings (SSSR count). The SMILES string of the molecule is CNc1ccc(C2=CCN(C)CC2)cc1C. The van der Waals surface area contributed by atoms with E-state index in [0.29, 0.717) is 0 Å². The second-order valence-corrected chi connectivity index (χ2v) is 4.52. The lowest BCUT2D eigenvalue weighted by Gasteiger charge is -2.22. The second kappa shape index (κ2) is 4.71. The zero-order valence-electron chi connectivity index (χ0n) is 10.4. The van der Waals surface area contributed by atoms with Crippen LogP contribution in [0.4, 0.5) is 5.69 Å². The van der Waals surface area contributed by atoms with E-state index in [1.165, 1.54) is 28.9 Å². The Kier molecular flexibility index (Phi) is 3.30. The molecule has 0 saturated carbocycles. The maximum Gasteiger partial charge on any atom is 0.0367 e. The number of rotatable bonds is 2. The van der Waals surface area contributed by atoms with Gasteiger partial charge in [0.1, 0.15) is 0 Å². The first kappa shape index (κ1) is 11.2. The van der Waals surface area contributed by atoms with E-state index in [2.05, 4.69) is 48.5 Å². The molecule has 0 aliphatic carbocycles. The van der Waals surface area contributed by atoms with Gasteiger partial charge >= 0.3 is 0 Å². The third-order valence-corrected chi connectivity index (χ3v) is 3.28. The molecule has 0 fully saturated rings. The molecule has 1 heterocycles. The summed E-state index contributed by atoms with van der Waals surface area (Å²) in [5, 5.41) is 3.20. The molecule has 0 unspecified atom stereocenters. The Morgan fingerprint density at radius 2 is 2.12 bits per heavy atom. The van der Waals surface area contributed by atoms with Gasteiger partial charge in [-0.2, -0.15) is 0 Å². The highest BCUT2D eigenvalue weighted by Gasteiger charge is 2.10. The molecule has 0 atom stereocenters. The monoisotopic (exact) mass is 216 g/mol. The van der Waals surface area contributed by atoms with Crippen LogP contribution in [0.25, 0.3) is 5.57 Å². The van der Waals surface area contributed by atoms with Crippen molar-refractivity contribution < 1.29 is 0 Å². The fourth-order valence-electron chi connectivity index (χ4n) is 2.18. The van der Waals surface area contributed by atoms with E-state index < -0.39 is 0 Å². The first-order valence-corrected chi connectivity index (χ1v) is 5.87. The Morgan fingerprint density at radius 1 is 1.31 bits per heavy atom. The first-order valence-electron chi connectivity index (χ1n) is 5.87. The van der Waals surface area contributed by atoms with E-state index in [-0.39, 0.29) is 0 Å². The smallest absolute Gasteiger partial charge is 0.0367 e. The number of hydrogen-bond acceptors (Lipinski definition) is 2. The number of likely N-dealkylation sites (N-methyl/N-ethyl adjacent to an activating group) is 1. The van der Waals surface area contributed by atoms with Gasteiger partial charge in [-0.3, -0.25) is 0 Å². The number of nitrogens with zero attached hydrogens (tertiary/aromatic N) is 1. The van der Waals surface area contributed by atoms with Gasteiger partial charge in [0, 0.05) is 25.8 Å². The van der Waals surface area contributed by atoms with Crippen molar-refractivity contribution in [3.05, 3.63) is 35.4 Å². The van der Waals surface area contributed by atoms with Crippen LogP contribution in [0.1, 0.15) is 17.5 Å². The lowest BCUT2D eigenvalue weighted by Crippen LogP contribution is -2.23. The molecule has 0 spiro atoms. The summed E-state index contributed by atoms with van der Waals surface area (Å²) >= 11 is 0. The van der Waals surface area contributed by atoms with Crippen molar-refractivity contribution in [1.29, 1.82) is 0 Å². The van der Waals surface area contributed by atoms with Crippen molar-refractivity contribution in [2.45, 2.75) is 13.3 Å². The van der Waals surface area contributed by atoms with Crippen molar-refractivity contribution in [3.8, 4) is 0 Å². The largest absolute Gasteiger partial charge is 0.388 e. The highest BCUT2D eigenvalue weighted by molar-refractivity contribution is 5.69. The van der Waals surface area contributed by atoms with Gasteiger partial charge in [-0.1, -0.05) is 12.1 Å². The molecule has 0 amide bonds. The Morgan fingerprint density at radius 3 is 2.69 bits per heavy atom. The maximum absolute atomic E-state index is 3.20. The van der Waals surface area contributed by atoms with Gasteiger partial charge in [0.15, 0.2) is 0 Å². The molecule has 16 heavy (non-hydrogen) atoms. The van der Waals surface area contributed by atoms with Crippen LogP contribution in [0.15, 0.2) is 24.3 Å². The molecule has 2 heteroatoms. The molecule has 1 N–H and O–H groups in total. The van der Waals surface area contributed by atoms with E-state index in [9.17, 15) is 0 Å². The Labute approximate surface area is 98.0 Å². The van der Waals surface area contributed by atoms with Gasteiger partial charge in [0.25, 0.3) is 0 Å². The van der Waals surface area contributed by atoms with Crippen LogP contribution in [0.2, 0.25) is 0 Å². The van der Waals surface area contributed by atoms with E-state index in [1.807, 2.05) is 7.05 Å². The molecule has 1 aliphatic heterocycles. The fraction of sp³-hybridized carbons (Fsp3) is 0.429. The van der Waals surface area contributed by atoms with Crippen LogP contribution in [0.5, 0.6) is 0 Å². The number of benzene rings is 1. The molecular formula is C14H20N2. The molecule has 2 nitrogen and oxygen atoms in total. The zero-order chi connectivity index (χ0) is 11.5. The van der Waals surface area contributed by atoms with Gasteiger partial charge in [0.05, 0.1) is 0 Å². The molecule has 0 saturated heterocycles. The summed E-state index contributed by atoms with van der Waals surface area (Å²) in [7, 11) is 4.14. The van der Waals surface area contributed by atoms with Crippen LogP contribution in [0.3, 0.4) is 0 Å². The molecular weight excluding hydrogens is 196 g/mol. The minimum Gasteiger partial charge on any atom is -0.388 e. The van der Waals surface area contributed by atoms with Crippen LogP contribution in [-0.4, -0.2) is 32.1 Å². The molecule has 1 aromatic rings. The minimum absolute atomic E-state index is 1.07. The number of anilines is 1. The molecule has 0 aromatic heterocycles. The number of hydrogen-bond donors (Lipinski definition) is 1. The van der Waals surface area contributed by atoms with E-state index in [1.54, 1.807) is 0 Å². The summed E-state index contributed by atoms with van der Waals surface area (Å²) in [5.41, 5.74) is 5.41. The van der Waals surface area contributed by atoms with Gasteiger partial charge < -0.3 is 10.2 Å². The van der Waals surface area contributed by atoms with Gasteiger partial charge in [-0.05, 0) is 49.2 Å². The van der Waals surface area contributed by atoms with Gasteiger partial charge in [-0.15, -0.1) is 0 Å². The van der Waals surface area contributed by atoms with Crippen molar-refractivity contribution in [1.82, 2.24) is 4.90 Å². The quantitative estimate of drug-likeness (QED) is 0.817. The van der Waals surface area contributed by atoms with Crippen LogP contribution >= 0.6 is 0 Å². The fourth-order valence-corrected chi connectivity index (χ4v) is 2.18. The minimum atomic E-state index is 1.07. The van der Waals surface area contributed by atoms with Crippen LogP contribution in [-0.2, 0) is 0 Å².